The van der Waals surface area contributed by atoms with Crippen molar-refractivity contribution in [3.05, 3.63) is 78.4 Å². The van der Waals surface area contributed by atoms with Crippen molar-refractivity contribution in [3.8, 4) is 5.69 Å². The van der Waals surface area contributed by atoms with Crippen molar-refractivity contribution >= 4 is 29.0 Å². The number of nitrogens with zero attached hydrogens (tertiary/aromatic N) is 7. The van der Waals surface area contributed by atoms with Crippen LogP contribution in [0.2, 0.25) is 0 Å². The smallest absolute Gasteiger partial charge is 0.246 e. The molecule has 2 aromatic carbocycles. The standard InChI is InChI=1S/C23H20FN7O/c24-18-7-9-19(10-8-18)31-23-21(27-28-31)22(25-16-26-23)30-14-12-29(13-15-30)20(32)11-6-17-4-2-1-3-5-17/h1-11,16H,12-15H2/b11-6+. The Hall–Kier alpha value is -4.14. The molecule has 0 unspecified atom stereocenters. The van der Waals surface area contributed by atoms with Gasteiger partial charge in [0.25, 0.3) is 0 Å². The van der Waals surface area contributed by atoms with Crippen LogP contribution in [0.3, 0.4) is 0 Å². The molecule has 1 aliphatic heterocycles. The van der Waals surface area contributed by atoms with Gasteiger partial charge in [-0.2, -0.15) is 4.68 Å². The Morgan fingerprint density at radius 3 is 2.44 bits per heavy atom. The van der Waals surface area contributed by atoms with Gasteiger partial charge in [-0.15, -0.1) is 5.10 Å². The van der Waals surface area contributed by atoms with Crippen LogP contribution in [0.25, 0.3) is 22.9 Å². The number of carbonyl (C=O) groups is 1. The minimum atomic E-state index is -0.320. The van der Waals surface area contributed by atoms with E-state index in [2.05, 4.69) is 25.2 Å². The van der Waals surface area contributed by atoms with E-state index in [-0.39, 0.29) is 11.7 Å². The number of hydrogen-bond acceptors (Lipinski definition) is 6. The van der Waals surface area contributed by atoms with Gasteiger partial charge in [0.15, 0.2) is 17.0 Å². The van der Waals surface area contributed by atoms with Gasteiger partial charge < -0.3 is 9.80 Å². The highest BCUT2D eigenvalue weighted by atomic mass is 19.1. The highest BCUT2D eigenvalue weighted by Crippen LogP contribution is 2.23. The molecular formula is C23H20FN7O. The molecule has 1 fully saturated rings. The number of halogens is 1. The van der Waals surface area contributed by atoms with Gasteiger partial charge >= 0.3 is 0 Å². The Balaban J connectivity index is 1.30. The average molecular weight is 429 g/mol. The van der Waals surface area contributed by atoms with E-state index >= 15 is 0 Å². The van der Waals surface area contributed by atoms with E-state index < -0.39 is 0 Å². The third kappa shape index (κ3) is 3.92. The van der Waals surface area contributed by atoms with Crippen molar-refractivity contribution in [2.75, 3.05) is 31.1 Å². The first kappa shape index (κ1) is 19.8. The fourth-order valence-electron chi connectivity index (χ4n) is 3.70. The Bertz CT molecular complexity index is 1260. The van der Waals surface area contributed by atoms with Crippen molar-refractivity contribution < 1.29 is 9.18 Å². The number of anilines is 1. The summed E-state index contributed by atoms with van der Waals surface area (Å²) >= 11 is 0. The number of piperazine rings is 1. The summed E-state index contributed by atoms with van der Waals surface area (Å²) in [5.41, 5.74) is 2.78. The predicted molar refractivity (Wildman–Crippen MR) is 119 cm³/mol. The summed E-state index contributed by atoms with van der Waals surface area (Å²) in [5.74, 6) is 0.346. The van der Waals surface area contributed by atoms with Gasteiger partial charge in [-0.1, -0.05) is 35.5 Å². The molecule has 0 spiro atoms. The van der Waals surface area contributed by atoms with Gasteiger partial charge in [0.1, 0.15) is 12.1 Å². The monoisotopic (exact) mass is 429 g/mol. The van der Waals surface area contributed by atoms with Gasteiger partial charge in [0, 0.05) is 32.3 Å². The minimum absolute atomic E-state index is 0.0106. The Labute approximate surface area is 183 Å². The van der Waals surface area contributed by atoms with Crippen molar-refractivity contribution in [3.63, 3.8) is 0 Å². The van der Waals surface area contributed by atoms with E-state index in [1.165, 1.54) is 18.5 Å². The summed E-state index contributed by atoms with van der Waals surface area (Å²) in [6.45, 7) is 2.41. The zero-order valence-corrected chi connectivity index (χ0v) is 17.2. The summed E-state index contributed by atoms with van der Waals surface area (Å²) in [4.78, 5) is 25.2. The molecule has 1 aliphatic rings. The van der Waals surface area contributed by atoms with Gasteiger partial charge in [-0.05, 0) is 35.9 Å². The molecule has 160 valence electrons. The summed E-state index contributed by atoms with van der Waals surface area (Å²) in [6, 6.07) is 15.7. The van der Waals surface area contributed by atoms with Crippen molar-refractivity contribution in [2.45, 2.75) is 0 Å². The van der Waals surface area contributed by atoms with Crippen LogP contribution in [-0.2, 0) is 4.79 Å². The second-order valence-electron chi connectivity index (χ2n) is 7.40. The maximum absolute atomic E-state index is 13.3. The molecule has 0 N–H and O–H groups in total. The van der Waals surface area contributed by atoms with Gasteiger partial charge in [0.05, 0.1) is 5.69 Å². The summed E-state index contributed by atoms with van der Waals surface area (Å²) < 4.78 is 14.8. The van der Waals surface area contributed by atoms with E-state index in [1.54, 1.807) is 22.9 Å². The SMILES string of the molecule is O=C(/C=C/c1ccccc1)N1CCN(c2ncnc3c2nnn3-c2ccc(F)cc2)CC1. The molecule has 0 radical (unpaired) electrons. The number of benzene rings is 2. The zero-order valence-electron chi connectivity index (χ0n) is 17.2. The lowest BCUT2D eigenvalue weighted by atomic mass is 10.2. The summed E-state index contributed by atoms with van der Waals surface area (Å²) in [7, 11) is 0. The third-order valence-electron chi connectivity index (χ3n) is 5.40. The number of hydrogen-bond donors (Lipinski definition) is 0. The lowest BCUT2D eigenvalue weighted by Crippen LogP contribution is -2.48. The molecule has 1 saturated heterocycles. The Morgan fingerprint density at radius 1 is 0.938 bits per heavy atom. The molecule has 9 heteroatoms. The quantitative estimate of drug-likeness (QED) is 0.464. The highest BCUT2D eigenvalue weighted by Gasteiger charge is 2.24. The lowest BCUT2D eigenvalue weighted by Gasteiger charge is -2.34. The molecule has 0 atom stereocenters. The van der Waals surface area contributed by atoms with Crippen LogP contribution >= 0.6 is 0 Å². The Morgan fingerprint density at radius 2 is 1.69 bits per heavy atom. The minimum Gasteiger partial charge on any atom is -0.351 e. The summed E-state index contributed by atoms with van der Waals surface area (Å²) in [5, 5.41) is 8.46. The molecule has 0 bridgehead atoms. The molecule has 1 amide bonds. The normalized spacial score (nSPS) is 14.4. The molecule has 0 saturated carbocycles. The maximum atomic E-state index is 13.3. The molecule has 5 rings (SSSR count). The van der Waals surface area contributed by atoms with Crippen LogP contribution in [0.5, 0.6) is 0 Å². The van der Waals surface area contributed by atoms with Gasteiger partial charge in [0.2, 0.25) is 5.91 Å². The largest absolute Gasteiger partial charge is 0.351 e. The average Bonchev–Trinajstić information content (AvgIpc) is 3.28. The first-order chi connectivity index (χ1) is 15.7. The maximum Gasteiger partial charge on any atom is 0.246 e. The molecule has 2 aromatic heterocycles. The van der Waals surface area contributed by atoms with Gasteiger partial charge in [-0.25, -0.2) is 14.4 Å². The topological polar surface area (TPSA) is 80.0 Å². The van der Waals surface area contributed by atoms with Crippen molar-refractivity contribution in [2.24, 2.45) is 0 Å². The number of fused-ring (bicyclic) bond motifs is 1. The number of rotatable bonds is 4. The second-order valence-corrected chi connectivity index (χ2v) is 7.40. The van der Waals surface area contributed by atoms with E-state index in [0.29, 0.717) is 48.8 Å². The molecule has 8 nitrogen and oxygen atoms in total. The molecular weight excluding hydrogens is 409 g/mol. The van der Waals surface area contributed by atoms with Crippen LogP contribution in [0.1, 0.15) is 5.56 Å². The molecule has 32 heavy (non-hydrogen) atoms. The summed E-state index contributed by atoms with van der Waals surface area (Å²) in [6.07, 6.45) is 4.92. The van der Waals surface area contributed by atoms with Crippen molar-refractivity contribution in [1.29, 1.82) is 0 Å². The predicted octanol–water partition coefficient (Wildman–Crippen LogP) is 2.71. The van der Waals surface area contributed by atoms with Crippen LogP contribution in [0.4, 0.5) is 10.2 Å². The second kappa shape index (κ2) is 8.54. The number of amides is 1. The Kier molecular flexibility index (Phi) is 5.29. The fourth-order valence-corrected chi connectivity index (χ4v) is 3.70. The molecule has 0 aliphatic carbocycles. The van der Waals surface area contributed by atoms with Crippen molar-refractivity contribution in [1.82, 2.24) is 29.9 Å². The van der Waals surface area contributed by atoms with E-state index in [4.69, 9.17) is 0 Å². The fraction of sp³-hybridized carbons (Fsp3) is 0.174. The van der Waals surface area contributed by atoms with Crippen LogP contribution in [-0.4, -0.2) is 61.9 Å². The lowest BCUT2D eigenvalue weighted by molar-refractivity contribution is -0.126. The van der Waals surface area contributed by atoms with Gasteiger partial charge in [-0.3, -0.25) is 4.79 Å². The number of aromatic nitrogens is 5. The van der Waals surface area contributed by atoms with Crippen LogP contribution in [0.15, 0.2) is 67.0 Å². The first-order valence-corrected chi connectivity index (χ1v) is 10.3. The molecule has 3 heterocycles. The first-order valence-electron chi connectivity index (χ1n) is 10.3. The van der Waals surface area contributed by atoms with E-state index in [1.807, 2.05) is 41.3 Å². The molecule has 4 aromatic rings. The van der Waals surface area contributed by atoms with Crippen LogP contribution < -0.4 is 4.90 Å². The van der Waals surface area contributed by atoms with Crippen LogP contribution in [0, 0.1) is 5.82 Å². The van der Waals surface area contributed by atoms with E-state index in [9.17, 15) is 9.18 Å². The highest BCUT2D eigenvalue weighted by molar-refractivity contribution is 5.92. The number of carbonyl (C=O) groups excluding carboxylic acids is 1. The van der Waals surface area contributed by atoms with E-state index in [0.717, 1.165) is 5.56 Å². The zero-order chi connectivity index (χ0) is 21.9. The third-order valence-corrected chi connectivity index (χ3v) is 5.40.